The topological polar surface area (TPSA) is 56.5 Å². The minimum absolute atomic E-state index is 0.123. The molecule has 0 aliphatic rings. The van der Waals surface area contributed by atoms with Crippen LogP contribution in [0.4, 0.5) is 13.2 Å². The second-order valence-electron chi connectivity index (χ2n) is 5.94. The number of rotatable bonds is 6. The van der Waals surface area contributed by atoms with E-state index < -0.39 is 12.7 Å². The molecule has 3 aromatic rings. The van der Waals surface area contributed by atoms with Gasteiger partial charge < -0.3 is 0 Å². The lowest BCUT2D eigenvalue weighted by Crippen LogP contribution is -2.19. The van der Waals surface area contributed by atoms with Crippen LogP contribution in [0.1, 0.15) is 31.0 Å². The zero-order valence-corrected chi connectivity index (χ0v) is 15.7. The molecule has 0 saturated heterocycles. The predicted octanol–water partition coefficient (Wildman–Crippen LogP) is 4.77. The van der Waals surface area contributed by atoms with Gasteiger partial charge in [0.1, 0.15) is 11.6 Å². The first-order chi connectivity index (χ1) is 12.3. The normalized spacial score (nSPS) is 12.1. The quantitative estimate of drug-likeness (QED) is 0.559. The summed E-state index contributed by atoms with van der Waals surface area (Å²) in [6.07, 6.45) is -4.36. The van der Waals surface area contributed by atoms with E-state index in [1.807, 2.05) is 17.5 Å². The number of aromatic nitrogens is 5. The Labute approximate surface area is 156 Å². The van der Waals surface area contributed by atoms with Crippen LogP contribution < -0.4 is 0 Å². The van der Waals surface area contributed by atoms with E-state index in [1.165, 1.54) is 16.9 Å². The lowest BCUT2D eigenvalue weighted by Gasteiger charge is -2.06. The number of hydrogen-bond acceptors (Lipinski definition) is 6. The first kappa shape index (κ1) is 18.8. The van der Waals surface area contributed by atoms with E-state index >= 15 is 0 Å². The molecular formula is C16H16F3N5S2. The number of thiazole rings is 1. The molecule has 0 unspecified atom stereocenters. The standard InChI is InChI=1S/C16H16F3N5S2/c1-10(2)11-3-5-12(6-4-11)14-20-13(7-25-14)8-26-15-21-22-23-24(15)9-16(17,18)19/h3-7,10H,8-9H2,1-2H3. The fraction of sp³-hybridized carbons (Fsp3) is 0.375. The first-order valence-corrected chi connectivity index (χ1v) is 9.69. The molecular weight excluding hydrogens is 383 g/mol. The van der Waals surface area contributed by atoms with E-state index in [9.17, 15) is 13.2 Å². The summed E-state index contributed by atoms with van der Waals surface area (Å²) in [6, 6.07) is 8.24. The van der Waals surface area contributed by atoms with E-state index in [4.69, 9.17) is 0 Å². The highest BCUT2D eigenvalue weighted by molar-refractivity contribution is 7.98. The van der Waals surface area contributed by atoms with Gasteiger partial charge in [-0.05, 0) is 21.9 Å². The smallest absolute Gasteiger partial charge is 0.240 e. The summed E-state index contributed by atoms with van der Waals surface area (Å²) < 4.78 is 38.2. The lowest BCUT2D eigenvalue weighted by atomic mass is 10.0. The molecule has 0 radical (unpaired) electrons. The molecule has 2 heterocycles. The molecule has 0 bridgehead atoms. The Balaban J connectivity index is 1.65. The van der Waals surface area contributed by atoms with Crippen LogP contribution in [-0.4, -0.2) is 31.4 Å². The molecule has 2 aromatic heterocycles. The van der Waals surface area contributed by atoms with Crippen molar-refractivity contribution in [2.24, 2.45) is 0 Å². The van der Waals surface area contributed by atoms with Crippen molar-refractivity contribution < 1.29 is 13.2 Å². The van der Waals surface area contributed by atoms with Crippen molar-refractivity contribution in [2.45, 2.75) is 43.4 Å². The minimum Gasteiger partial charge on any atom is -0.240 e. The van der Waals surface area contributed by atoms with Gasteiger partial charge in [-0.1, -0.05) is 49.9 Å². The molecule has 1 aromatic carbocycles. The number of halogens is 3. The molecule has 0 fully saturated rings. The molecule has 0 saturated carbocycles. The fourth-order valence-electron chi connectivity index (χ4n) is 2.22. The van der Waals surface area contributed by atoms with Gasteiger partial charge in [-0.2, -0.15) is 13.2 Å². The number of tetrazole rings is 1. The van der Waals surface area contributed by atoms with Gasteiger partial charge in [0, 0.05) is 16.7 Å². The van der Waals surface area contributed by atoms with Gasteiger partial charge in [-0.25, -0.2) is 9.67 Å². The maximum absolute atomic E-state index is 12.5. The second-order valence-corrected chi connectivity index (χ2v) is 7.74. The Morgan fingerprint density at radius 3 is 2.58 bits per heavy atom. The summed E-state index contributed by atoms with van der Waals surface area (Å²) in [6.45, 7) is 3.08. The van der Waals surface area contributed by atoms with Gasteiger partial charge in [0.05, 0.1) is 5.69 Å². The highest BCUT2D eigenvalue weighted by Gasteiger charge is 2.30. The summed E-state index contributed by atoms with van der Waals surface area (Å²) in [4.78, 5) is 4.56. The van der Waals surface area contributed by atoms with Crippen LogP contribution in [0.25, 0.3) is 10.6 Å². The maximum atomic E-state index is 12.5. The third-order valence-electron chi connectivity index (χ3n) is 3.55. The van der Waals surface area contributed by atoms with Crippen molar-refractivity contribution in [2.75, 3.05) is 0 Å². The van der Waals surface area contributed by atoms with Crippen LogP contribution in [0.3, 0.4) is 0 Å². The zero-order valence-electron chi connectivity index (χ0n) is 14.1. The molecule has 0 amide bonds. The summed E-state index contributed by atoms with van der Waals surface area (Å²) in [5.74, 6) is 0.869. The van der Waals surface area contributed by atoms with Crippen molar-refractivity contribution >= 4 is 23.1 Å². The lowest BCUT2D eigenvalue weighted by molar-refractivity contribution is -0.144. The molecule has 138 valence electrons. The van der Waals surface area contributed by atoms with Crippen molar-refractivity contribution in [3.8, 4) is 10.6 Å². The van der Waals surface area contributed by atoms with Gasteiger partial charge in [-0.3, -0.25) is 0 Å². The van der Waals surface area contributed by atoms with Gasteiger partial charge in [0.15, 0.2) is 0 Å². The monoisotopic (exact) mass is 399 g/mol. The van der Waals surface area contributed by atoms with Crippen LogP contribution in [0, 0.1) is 0 Å². The summed E-state index contributed by atoms with van der Waals surface area (Å²) in [7, 11) is 0. The van der Waals surface area contributed by atoms with Gasteiger partial charge >= 0.3 is 6.18 Å². The third-order valence-corrected chi connectivity index (χ3v) is 5.48. The zero-order chi connectivity index (χ0) is 18.7. The Morgan fingerprint density at radius 1 is 1.19 bits per heavy atom. The van der Waals surface area contributed by atoms with Crippen molar-refractivity contribution in [3.63, 3.8) is 0 Å². The van der Waals surface area contributed by atoms with Crippen LogP contribution in [0.15, 0.2) is 34.8 Å². The van der Waals surface area contributed by atoms with Crippen molar-refractivity contribution in [3.05, 3.63) is 40.9 Å². The predicted molar refractivity (Wildman–Crippen MR) is 95.1 cm³/mol. The van der Waals surface area contributed by atoms with E-state index in [2.05, 4.69) is 46.5 Å². The number of benzene rings is 1. The number of nitrogens with zero attached hydrogens (tertiary/aromatic N) is 5. The molecule has 0 N–H and O–H groups in total. The van der Waals surface area contributed by atoms with Crippen LogP contribution in [-0.2, 0) is 12.3 Å². The second kappa shape index (κ2) is 7.75. The highest BCUT2D eigenvalue weighted by atomic mass is 32.2. The fourth-order valence-corrected chi connectivity index (χ4v) is 3.92. The summed E-state index contributed by atoms with van der Waals surface area (Å²) >= 11 is 2.64. The van der Waals surface area contributed by atoms with Gasteiger partial charge in [0.2, 0.25) is 5.16 Å². The third kappa shape index (κ3) is 4.82. The van der Waals surface area contributed by atoms with Crippen LogP contribution in [0.5, 0.6) is 0 Å². The average Bonchev–Trinajstić information content (AvgIpc) is 3.21. The molecule has 0 aliphatic heterocycles. The van der Waals surface area contributed by atoms with Gasteiger partial charge in [-0.15, -0.1) is 16.4 Å². The molecule has 0 spiro atoms. The SMILES string of the molecule is CC(C)c1ccc(-c2nc(CSc3nnnn3CC(F)(F)F)cs2)cc1. The van der Waals surface area contributed by atoms with E-state index in [1.54, 1.807) is 0 Å². The molecule has 0 aliphatic carbocycles. The maximum Gasteiger partial charge on any atom is 0.408 e. The number of hydrogen-bond donors (Lipinski definition) is 0. The molecule has 3 rings (SSSR count). The van der Waals surface area contributed by atoms with Crippen molar-refractivity contribution in [1.29, 1.82) is 0 Å². The van der Waals surface area contributed by atoms with Crippen LogP contribution >= 0.6 is 23.1 Å². The average molecular weight is 399 g/mol. The largest absolute Gasteiger partial charge is 0.408 e. The van der Waals surface area contributed by atoms with E-state index in [0.29, 0.717) is 11.7 Å². The molecule has 5 nitrogen and oxygen atoms in total. The van der Waals surface area contributed by atoms with Crippen LogP contribution in [0.2, 0.25) is 0 Å². The summed E-state index contributed by atoms with van der Waals surface area (Å²) in [5.41, 5.74) is 3.07. The molecule has 0 atom stereocenters. The Kier molecular flexibility index (Phi) is 5.61. The Bertz CT molecular complexity index is 855. The van der Waals surface area contributed by atoms with Crippen molar-refractivity contribution in [1.82, 2.24) is 25.2 Å². The molecule has 10 heteroatoms. The van der Waals surface area contributed by atoms with E-state index in [0.717, 1.165) is 32.7 Å². The van der Waals surface area contributed by atoms with Gasteiger partial charge in [0.25, 0.3) is 0 Å². The van der Waals surface area contributed by atoms with E-state index in [-0.39, 0.29) is 5.16 Å². The number of thioether (sulfide) groups is 1. The molecule has 26 heavy (non-hydrogen) atoms. The minimum atomic E-state index is -4.36. The summed E-state index contributed by atoms with van der Waals surface area (Å²) in [5, 5.41) is 13.3. The number of alkyl halides is 3. The first-order valence-electron chi connectivity index (χ1n) is 7.82. The Morgan fingerprint density at radius 2 is 1.92 bits per heavy atom. The highest BCUT2D eigenvalue weighted by Crippen LogP contribution is 2.29. The Hall–Kier alpha value is -1.94.